The van der Waals surface area contributed by atoms with E-state index in [1.165, 1.54) is 7.11 Å². The van der Waals surface area contributed by atoms with E-state index in [1.807, 2.05) is 6.92 Å². The summed E-state index contributed by atoms with van der Waals surface area (Å²) in [5.41, 5.74) is 1.05. The Morgan fingerprint density at radius 2 is 2.00 bits per heavy atom. The second-order valence-corrected chi connectivity index (χ2v) is 10.5. The molecule has 3 atom stereocenters. The van der Waals surface area contributed by atoms with Gasteiger partial charge in [-0.05, 0) is 71.5 Å². The van der Waals surface area contributed by atoms with E-state index in [1.54, 1.807) is 23.1 Å². The highest BCUT2D eigenvalue weighted by atomic mass is 127. The molecule has 3 rings (SSSR count). The molecule has 0 spiro atoms. The normalized spacial score (nSPS) is 21.5. The summed E-state index contributed by atoms with van der Waals surface area (Å²) in [4.78, 5) is 27.9. The molecule has 0 saturated heterocycles. The Morgan fingerprint density at radius 1 is 1.25 bits per heavy atom. The molecule has 2 amide bonds. The predicted molar refractivity (Wildman–Crippen MR) is 143 cm³/mol. The topological polar surface area (TPSA) is 129 Å². The number of amides is 2. The Bertz CT molecular complexity index is 950. The smallest absolute Gasteiger partial charge is 0.247 e. The van der Waals surface area contributed by atoms with E-state index in [4.69, 9.17) is 14.6 Å². The van der Waals surface area contributed by atoms with E-state index in [-0.39, 0.29) is 38.0 Å². The Hall–Kier alpha value is -1.89. The third kappa shape index (κ3) is 7.33. The standard InChI is InChI=1S/C26H37IN2O7/c1-3-4-5-23(32)29(14-16-6-7-16)20-12-18(26(34)28-8-9-30)13-21(24(20)33)36-25-19(27)10-17(15-31)11-22(25)35-2/h10-11,13,16,20-21,24,30-31,33H,3-9,12,14-15H2,1-2H3,(H,28,34)/t20-,21+,24+/m1/s1. The summed E-state index contributed by atoms with van der Waals surface area (Å²) in [6.07, 6.45) is 3.94. The van der Waals surface area contributed by atoms with Crippen LogP contribution >= 0.6 is 22.6 Å². The van der Waals surface area contributed by atoms with Crippen LogP contribution in [0, 0.1) is 9.49 Å². The summed E-state index contributed by atoms with van der Waals surface area (Å²) < 4.78 is 12.4. The number of nitrogens with one attached hydrogen (secondary N) is 1. The van der Waals surface area contributed by atoms with Crippen molar-refractivity contribution in [2.45, 2.75) is 70.3 Å². The molecule has 200 valence electrons. The van der Waals surface area contributed by atoms with Crippen molar-refractivity contribution in [3.05, 3.63) is 32.9 Å². The molecule has 4 N–H and O–H groups in total. The van der Waals surface area contributed by atoms with Crippen molar-refractivity contribution in [3.8, 4) is 11.5 Å². The number of carbonyl (C=O) groups is 2. The van der Waals surface area contributed by atoms with Gasteiger partial charge in [0.25, 0.3) is 0 Å². The molecule has 0 aromatic heterocycles. The van der Waals surface area contributed by atoms with Crippen molar-refractivity contribution in [1.82, 2.24) is 10.2 Å². The van der Waals surface area contributed by atoms with E-state index >= 15 is 0 Å². The van der Waals surface area contributed by atoms with E-state index in [0.717, 1.165) is 25.7 Å². The lowest BCUT2D eigenvalue weighted by Gasteiger charge is -2.41. The van der Waals surface area contributed by atoms with Crippen molar-refractivity contribution in [3.63, 3.8) is 0 Å². The van der Waals surface area contributed by atoms with Crippen LogP contribution < -0.4 is 14.8 Å². The van der Waals surface area contributed by atoms with Gasteiger partial charge in [-0.3, -0.25) is 9.59 Å². The fraction of sp³-hybridized carbons (Fsp3) is 0.615. The van der Waals surface area contributed by atoms with Gasteiger partial charge in [0.15, 0.2) is 11.5 Å². The van der Waals surface area contributed by atoms with Gasteiger partial charge in [-0.25, -0.2) is 0 Å². The molecular formula is C26H37IN2O7. The largest absolute Gasteiger partial charge is 0.493 e. The lowest BCUT2D eigenvalue weighted by molar-refractivity contribution is -0.139. The first kappa shape index (κ1) is 28.7. The number of unbranched alkanes of at least 4 members (excludes halogenated alkanes) is 1. The molecule has 1 aromatic rings. The maximum Gasteiger partial charge on any atom is 0.247 e. The summed E-state index contributed by atoms with van der Waals surface area (Å²) in [5.74, 6) is 0.806. The van der Waals surface area contributed by atoms with Gasteiger partial charge >= 0.3 is 0 Å². The lowest BCUT2D eigenvalue weighted by Crippen LogP contribution is -2.55. The average Bonchev–Trinajstić information content (AvgIpc) is 3.70. The van der Waals surface area contributed by atoms with E-state index in [2.05, 4.69) is 27.9 Å². The average molecular weight is 616 g/mol. The van der Waals surface area contributed by atoms with Crippen LogP contribution in [-0.4, -0.2) is 77.1 Å². The molecule has 1 fully saturated rings. The van der Waals surface area contributed by atoms with Gasteiger partial charge in [-0.2, -0.15) is 0 Å². The molecule has 9 nitrogen and oxygen atoms in total. The van der Waals surface area contributed by atoms with Gasteiger partial charge in [0.05, 0.1) is 29.9 Å². The summed E-state index contributed by atoms with van der Waals surface area (Å²) >= 11 is 2.08. The Balaban J connectivity index is 1.95. The molecule has 1 saturated carbocycles. The highest BCUT2D eigenvalue weighted by Crippen LogP contribution is 2.38. The Morgan fingerprint density at radius 3 is 2.61 bits per heavy atom. The van der Waals surface area contributed by atoms with Crippen LogP contribution in [0.15, 0.2) is 23.8 Å². The third-order valence-electron chi connectivity index (χ3n) is 6.56. The number of nitrogens with zero attached hydrogens (tertiary/aromatic N) is 1. The first-order chi connectivity index (χ1) is 17.3. The molecule has 1 aromatic carbocycles. The monoisotopic (exact) mass is 616 g/mol. The van der Waals surface area contributed by atoms with Crippen LogP contribution in [0.25, 0.3) is 0 Å². The minimum absolute atomic E-state index is 0.0250. The zero-order chi connectivity index (χ0) is 26.2. The summed E-state index contributed by atoms with van der Waals surface area (Å²) in [7, 11) is 1.49. The molecule has 10 heteroatoms. The van der Waals surface area contributed by atoms with Gasteiger partial charge in [0.2, 0.25) is 11.8 Å². The van der Waals surface area contributed by atoms with Crippen LogP contribution in [-0.2, 0) is 16.2 Å². The zero-order valence-corrected chi connectivity index (χ0v) is 23.1. The number of hydrogen-bond acceptors (Lipinski definition) is 7. The quantitative estimate of drug-likeness (QED) is 0.250. The molecular weight excluding hydrogens is 579 g/mol. The maximum atomic E-state index is 13.2. The second kappa shape index (κ2) is 13.6. The van der Waals surface area contributed by atoms with Crippen LogP contribution in [0.2, 0.25) is 0 Å². The minimum atomic E-state index is -1.07. The summed E-state index contributed by atoms with van der Waals surface area (Å²) in [6, 6.07) is 2.80. The van der Waals surface area contributed by atoms with Crippen molar-refractivity contribution in [1.29, 1.82) is 0 Å². The summed E-state index contributed by atoms with van der Waals surface area (Å²) in [5, 5.41) is 32.8. The first-order valence-electron chi connectivity index (χ1n) is 12.5. The molecule has 2 aliphatic rings. The highest BCUT2D eigenvalue weighted by Gasteiger charge is 2.42. The fourth-order valence-electron chi connectivity index (χ4n) is 4.37. The van der Waals surface area contributed by atoms with Crippen LogP contribution in [0.1, 0.15) is 51.0 Å². The van der Waals surface area contributed by atoms with Crippen molar-refractivity contribution < 1.29 is 34.4 Å². The van der Waals surface area contributed by atoms with Gasteiger partial charge in [0.1, 0.15) is 12.2 Å². The SMILES string of the molecule is CCCCC(=O)N(CC1CC1)[C@@H]1CC(C(=O)NCCO)=C[C@H](Oc2c(I)cc(CO)cc2OC)[C@H]1O. The van der Waals surface area contributed by atoms with Gasteiger partial charge in [-0.15, -0.1) is 0 Å². The number of carbonyl (C=O) groups excluding carboxylic acids is 2. The van der Waals surface area contributed by atoms with Crippen LogP contribution in [0.4, 0.5) is 0 Å². The van der Waals surface area contributed by atoms with Crippen LogP contribution in [0.3, 0.4) is 0 Å². The number of benzene rings is 1. The molecule has 2 aliphatic carbocycles. The van der Waals surface area contributed by atoms with E-state index < -0.39 is 18.2 Å². The first-order valence-corrected chi connectivity index (χ1v) is 13.6. The Labute approximate surface area is 226 Å². The number of hydrogen-bond donors (Lipinski definition) is 4. The van der Waals surface area contributed by atoms with Crippen LogP contribution in [0.5, 0.6) is 11.5 Å². The third-order valence-corrected chi connectivity index (χ3v) is 7.36. The Kier molecular flexibility index (Phi) is 10.8. The zero-order valence-electron chi connectivity index (χ0n) is 20.9. The van der Waals surface area contributed by atoms with Crippen molar-refractivity contribution >= 4 is 34.4 Å². The molecule has 0 radical (unpaired) electrons. The summed E-state index contributed by atoms with van der Waals surface area (Å²) in [6.45, 7) is 2.33. The molecule has 0 unspecified atom stereocenters. The molecule has 0 bridgehead atoms. The van der Waals surface area contributed by atoms with E-state index in [0.29, 0.717) is 45.1 Å². The van der Waals surface area contributed by atoms with Crippen molar-refractivity contribution in [2.75, 3.05) is 26.8 Å². The molecule has 0 heterocycles. The second-order valence-electron chi connectivity index (χ2n) is 9.38. The lowest BCUT2D eigenvalue weighted by atomic mass is 9.87. The number of halogens is 1. The maximum absolute atomic E-state index is 13.2. The highest BCUT2D eigenvalue weighted by molar-refractivity contribution is 14.1. The predicted octanol–water partition coefficient (Wildman–Crippen LogP) is 2.14. The fourth-order valence-corrected chi connectivity index (χ4v) is 5.16. The number of aliphatic hydroxyl groups is 3. The van der Waals surface area contributed by atoms with E-state index in [9.17, 15) is 19.8 Å². The number of ether oxygens (including phenoxy) is 2. The molecule has 36 heavy (non-hydrogen) atoms. The number of rotatable bonds is 13. The molecule has 0 aliphatic heterocycles. The van der Waals surface area contributed by atoms with Gasteiger partial charge in [0, 0.05) is 31.5 Å². The van der Waals surface area contributed by atoms with Gasteiger partial charge < -0.3 is 35.0 Å². The van der Waals surface area contributed by atoms with Crippen molar-refractivity contribution in [2.24, 2.45) is 5.92 Å². The van der Waals surface area contributed by atoms with Gasteiger partial charge in [-0.1, -0.05) is 13.3 Å². The number of methoxy groups -OCH3 is 1. The number of aliphatic hydroxyl groups excluding tert-OH is 3. The minimum Gasteiger partial charge on any atom is -0.493 e.